The van der Waals surface area contributed by atoms with Crippen LogP contribution in [0, 0.1) is 11.8 Å². The average Bonchev–Trinajstić information content (AvgIpc) is 2.65. The van der Waals surface area contributed by atoms with Gasteiger partial charge in [0.15, 0.2) is 10.7 Å². The van der Waals surface area contributed by atoms with Crippen LogP contribution in [0.1, 0.15) is 17.1 Å². The molecule has 0 N–H and O–H groups in total. The van der Waals surface area contributed by atoms with Crippen LogP contribution in [-0.4, -0.2) is 11.5 Å². The summed E-state index contributed by atoms with van der Waals surface area (Å²) in [7, 11) is 0. The first-order valence-corrected chi connectivity index (χ1v) is 4.94. The molecule has 1 aromatic rings. The minimum atomic E-state index is -4.43. The highest BCUT2D eigenvalue weighted by Crippen LogP contribution is 2.29. The zero-order valence-corrected chi connectivity index (χ0v) is 8.64. The standard InChI is InChI=1S/C8H5F3N4S/c9-8(10,11)6-5-16-7(14-6)3-1-2-4-13-15-12/h5H,2,4H2. The maximum atomic E-state index is 12.1. The van der Waals surface area contributed by atoms with Gasteiger partial charge in [-0.1, -0.05) is 11.0 Å². The van der Waals surface area contributed by atoms with Crippen molar-refractivity contribution in [1.29, 1.82) is 0 Å². The molecule has 0 aliphatic heterocycles. The van der Waals surface area contributed by atoms with Gasteiger partial charge in [0.25, 0.3) is 0 Å². The number of halogens is 3. The van der Waals surface area contributed by atoms with Crippen molar-refractivity contribution in [3.8, 4) is 11.8 Å². The molecule has 16 heavy (non-hydrogen) atoms. The van der Waals surface area contributed by atoms with Crippen molar-refractivity contribution in [2.45, 2.75) is 12.6 Å². The van der Waals surface area contributed by atoms with Crippen molar-refractivity contribution < 1.29 is 13.2 Å². The summed E-state index contributed by atoms with van der Waals surface area (Å²) in [6.07, 6.45) is -4.13. The number of alkyl halides is 3. The number of aromatic nitrogens is 1. The molecule has 1 aromatic heterocycles. The Balaban J connectivity index is 2.62. The van der Waals surface area contributed by atoms with Gasteiger partial charge in [-0.05, 0) is 11.5 Å². The maximum absolute atomic E-state index is 12.1. The lowest BCUT2D eigenvalue weighted by molar-refractivity contribution is -0.140. The van der Waals surface area contributed by atoms with E-state index in [2.05, 4.69) is 26.9 Å². The number of thiazole rings is 1. The Bertz CT molecular complexity index is 462. The molecule has 0 saturated heterocycles. The fourth-order valence-corrected chi connectivity index (χ4v) is 1.44. The molecule has 0 spiro atoms. The van der Waals surface area contributed by atoms with E-state index in [1.807, 2.05) is 0 Å². The normalized spacial score (nSPS) is 10.2. The molecular weight excluding hydrogens is 241 g/mol. The Hall–Kier alpha value is -1.71. The quantitative estimate of drug-likeness (QED) is 0.260. The lowest BCUT2D eigenvalue weighted by atomic mass is 10.4. The predicted octanol–water partition coefficient (Wildman–Crippen LogP) is 3.21. The first-order valence-electron chi connectivity index (χ1n) is 4.06. The molecule has 0 amide bonds. The summed E-state index contributed by atoms with van der Waals surface area (Å²) in [5.74, 6) is 5.04. The molecular formula is C8H5F3N4S. The molecule has 0 fully saturated rings. The van der Waals surface area contributed by atoms with Crippen LogP contribution in [0.4, 0.5) is 13.2 Å². The second kappa shape index (κ2) is 5.39. The Morgan fingerprint density at radius 2 is 2.31 bits per heavy atom. The zero-order chi connectivity index (χ0) is 12.0. The molecule has 4 nitrogen and oxygen atoms in total. The van der Waals surface area contributed by atoms with Gasteiger partial charge in [-0.25, -0.2) is 4.98 Å². The summed E-state index contributed by atoms with van der Waals surface area (Å²) < 4.78 is 36.4. The number of hydrogen-bond donors (Lipinski definition) is 0. The van der Waals surface area contributed by atoms with Crippen LogP contribution >= 0.6 is 11.3 Å². The van der Waals surface area contributed by atoms with Gasteiger partial charge in [0.1, 0.15) is 0 Å². The first-order chi connectivity index (χ1) is 7.54. The van der Waals surface area contributed by atoms with Gasteiger partial charge in [-0.3, -0.25) is 0 Å². The molecule has 0 radical (unpaired) electrons. The molecule has 0 aromatic carbocycles. The topological polar surface area (TPSA) is 61.7 Å². The summed E-state index contributed by atoms with van der Waals surface area (Å²) >= 11 is 0.832. The Morgan fingerprint density at radius 1 is 1.56 bits per heavy atom. The summed E-state index contributed by atoms with van der Waals surface area (Å²) in [6, 6.07) is 0. The van der Waals surface area contributed by atoms with Crippen molar-refractivity contribution in [2.75, 3.05) is 6.54 Å². The summed E-state index contributed by atoms with van der Waals surface area (Å²) in [5, 5.41) is 4.25. The summed E-state index contributed by atoms with van der Waals surface area (Å²) in [6.45, 7) is 0.195. The molecule has 1 rings (SSSR count). The van der Waals surface area contributed by atoms with Crippen LogP contribution < -0.4 is 0 Å². The zero-order valence-electron chi connectivity index (χ0n) is 7.82. The van der Waals surface area contributed by atoms with Gasteiger partial charge in [0, 0.05) is 23.3 Å². The molecule has 0 saturated carbocycles. The number of hydrogen-bond acceptors (Lipinski definition) is 3. The second-order valence-corrected chi connectivity index (χ2v) is 3.40. The average molecular weight is 246 g/mol. The third-order valence-electron chi connectivity index (χ3n) is 1.39. The summed E-state index contributed by atoms with van der Waals surface area (Å²) in [4.78, 5) is 5.83. The Labute approximate surface area is 92.7 Å². The van der Waals surface area contributed by atoms with Gasteiger partial charge in [0.2, 0.25) is 0 Å². The molecule has 0 aliphatic rings. The minimum absolute atomic E-state index is 0.105. The van der Waals surface area contributed by atoms with Crippen LogP contribution in [0.15, 0.2) is 10.5 Å². The number of azide groups is 1. The molecule has 84 valence electrons. The van der Waals surface area contributed by atoms with Crippen LogP contribution in [-0.2, 0) is 6.18 Å². The Kier molecular flexibility index (Phi) is 4.17. The van der Waals surface area contributed by atoms with E-state index in [1.54, 1.807) is 0 Å². The minimum Gasteiger partial charge on any atom is -0.223 e. The maximum Gasteiger partial charge on any atom is 0.434 e. The van der Waals surface area contributed by atoms with E-state index >= 15 is 0 Å². The largest absolute Gasteiger partial charge is 0.434 e. The fourth-order valence-electron chi connectivity index (χ4n) is 0.750. The highest BCUT2D eigenvalue weighted by Gasteiger charge is 2.33. The third-order valence-corrected chi connectivity index (χ3v) is 2.15. The van der Waals surface area contributed by atoms with Crippen LogP contribution in [0.3, 0.4) is 0 Å². The van der Waals surface area contributed by atoms with Gasteiger partial charge in [0.05, 0.1) is 0 Å². The third kappa shape index (κ3) is 3.81. The van der Waals surface area contributed by atoms with Crippen LogP contribution in [0.25, 0.3) is 10.4 Å². The lowest BCUT2D eigenvalue weighted by Crippen LogP contribution is -2.04. The van der Waals surface area contributed by atoms with E-state index in [1.165, 1.54) is 0 Å². The van der Waals surface area contributed by atoms with Crippen LogP contribution in [0.2, 0.25) is 0 Å². The van der Waals surface area contributed by atoms with Crippen molar-refractivity contribution in [3.63, 3.8) is 0 Å². The number of rotatable bonds is 2. The van der Waals surface area contributed by atoms with E-state index in [9.17, 15) is 13.2 Å². The molecule has 0 unspecified atom stereocenters. The number of nitrogens with zero attached hydrogens (tertiary/aromatic N) is 4. The molecule has 0 aliphatic carbocycles. The molecule has 1 heterocycles. The van der Waals surface area contributed by atoms with E-state index < -0.39 is 11.9 Å². The predicted molar refractivity (Wildman–Crippen MR) is 52.6 cm³/mol. The SMILES string of the molecule is [N-]=[N+]=NCCC#Cc1nc(C(F)(F)F)cs1. The highest BCUT2D eigenvalue weighted by molar-refractivity contribution is 7.10. The fraction of sp³-hybridized carbons (Fsp3) is 0.375. The van der Waals surface area contributed by atoms with E-state index in [0.29, 0.717) is 6.42 Å². The van der Waals surface area contributed by atoms with Crippen LogP contribution in [0.5, 0.6) is 0 Å². The van der Waals surface area contributed by atoms with Gasteiger partial charge in [-0.15, -0.1) is 11.3 Å². The monoisotopic (exact) mass is 246 g/mol. The highest BCUT2D eigenvalue weighted by atomic mass is 32.1. The van der Waals surface area contributed by atoms with Gasteiger partial charge in [-0.2, -0.15) is 13.2 Å². The molecule has 0 atom stereocenters. The van der Waals surface area contributed by atoms with Crippen molar-refractivity contribution in [2.24, 2.45) is 5.11 Å². The molecule has 8 heteroatoms. The van der Waals surface area contributed by atoms with Crippen molar-refractivity contribution >= 4 is 11.3 Å². The smallest absolute Gasteiger partial charge is 0.223 e. The first kappa shape index (κ1) is 12.4. The lowest BCUT2D eigenvalue weighted by Gasteiger charge is -1.98. The summed E-state index contributed by atoms with van der Waals surface area (Å²) in [5.41, 5.74) is 7.02. The van der Waals surface area contributed by atoms with E-state index in [4.69, 9.17) is 5.53 Å². The molecule has 0 bridgehead atoms. The Morgan fingerprint density at radius 3 is 2.88 bits per heavy atom. The van der Waals surface area contributed by atoms with Gasteiger partial charge >= 0.3 is 6.18 Å². The van der Waals surface area contributed by atoms with Gasteiger partial charge < -0.3 is 0 Å². The van der Waals surface area contributed by atoms with E-state index in [0.717, 1.165) is 16.7 Å². The van der Waals surface area contributed by atoms with E-state index in [-0.39, 0.29) is 11.6 Å². The van der Waals surface area contributed by atoms with Crippen molar-refractivity contribution in [3.05, 3.63) is 26.5 Å². The second-order valence-electron chi connectivity index (χ2n) is 2.54. The van der Waals surface area contributed by atoms with Crippen molar-refractivity contribution in [1.82, 2.24) is 4.98 Å².